The molecular weight excluding hydrogens is 837 g/mol. The lowest BCUT2D eigenvalue weighted by atomic mass is 10.0. The molecule has 0 aliphatic carbocycles. The number of rotatable bonds is 29. The number of imidazole rings is 1. The van der Waals surface area contributed by atoms with E-state index in [-0.39, 0.29) is 17.6 Å². The second kappa shape index (κ2) is 28.1. The topological polar surface area (TPSA) is 175 Å². The van der Waals surface area contributed by atoms with Crippen LogP contribution in [0.5, 0.6) is 5.75 Å². The van der Waals surface area contributed by atoms with Crippen molar-refractivity contribution in [2.24, 2.45) is 0 Å². The highest BCUT2D eigenvalue weighted by Gasteiger charge is 2.25. The molecule has 17 heteroatoms. The number of benzene rings is 2. The Kier molecular flexibility index (Phi) is 22.1. The van der Waals surface area contributed by atoms with Gasteiger partial charge in [0.15, 0.2) is 0 Å². The number of likely N-dealkylation sites (tertiary alicyclic amines) is 1. The molecule has 0 radical (unpaired) electrons. The van der Waals surface area contributed by atoms with Crippen molar-refractivity contribution in [3.8, 4) is 22.6 Å². The molecule has 2 aromatic heterocycles. The summed E-state index contributed by atoms with van der Waals surface area (Å²) >= 11 is 0. The monoisotopic (exact) mass is 904 g/mol. The molecule has 2 N–H and O–H groups in total. The number of piperidine rings is 1. The molecule has 4 aromatic rings. The molecule has 1 aliphatic heterocycles. The fourth-order valence-electron chi connectivity index (χ4n) is 6.83. The predicted octanol–water partition coefficient (Wildman–Crippen LogP) is 6.11. The van der Waals surface area contributed by atoms with Gasteiger partial charge in [-0.1, -0.05) is 12.1 Å². The van der Waals surface area contributed by atoms with Crippen LogP contribution in [-0.4, -0.2) is 156 Å². The molecule has 1 saturated heterocycles. The van der Waals surface area contributed by atoms with E-state index in [2.05, 4.69) is 31.6 Å². The number of aromatic nitrogens is 3. The number of hydrogen-bond donors (Lipinski definition) is 2. The molecule has 356 valence electrons. The van der Waals surface area contributed by atoms with Crippen molar-refractivity contribution in [1.29, 1.82) is 0 Å². The van der Waals surface area contributed by atoms with Gasteiger partial charge in [0.1, 0.15) is 23.7 Å². The summed E-state index contributed by atoms with van der Waals surface area (Å²) in [6, 6.07) is 17.3. The number of nitrogens with zero attached hydrogens (tertiary/aromatic N) is 4. The number of anilines is 1. The molecule has 1 fully saturated rings. The lowest BCUT2D eigenvalue weighted by Crippen LogP contribution is -2.48. The summed E-state index contributed by atoms with van der Waals surface area (Å²) < 4.78 is 51.2. The van der Waals surface area contributed by atoms with Gasteiger partial charge in [0.2, 0.25) is 0 Å². The van der Waals surface area contributed by atoms with Gasteiger partial charge in [-0.2, -0.15) is 0 Å². The SMILES string of the molecule is COCCOCCOCCOCCOCCOCCOCCOc1ccc(-c2ccnc(C(=O)Nc3cc(CN4CCC[C@H](NC(=O)OC(C)(C)C)C4)cc(-n4cnc(C)c4)c3)c2)cc1. The van der Waals surface area contributed by atoms with Crippen LogP contribution in [0.1, 0.15) is 55.4 Å². The van der Waals surface area contributed by atoms with Crippen LogP contribution in [0.25, 0.3) is 16.8 Å². The van der Waals surface area contributed by atoms with E-state index in [9.17, 15) is 9.59 Å². The van der Waals surface area contributed by atoms with Crippen molar-refractivity contribution >= 4 is 17.7 Å². The molecule has 0 spiro atoms. The minimum Gasteiger partial charge on any atom is -0.491 e. The number of hydrogen-bond acceptors (Lipinski definition) is 14. The van der Waals surface area contributed by atoms with Gasteiger partial charge in [-0.05, 0) is 106 Å². The van der Waals surface area contributed by atoms with Crippen molar-refractivity contribution in [3.63, 3.8) is 0 Å². The van der Waals surface area contributed by atoms with Crippen molar-refractivity contribution in [3.05, 3.63) is 90.3 Å². The van der Waals surface area contributed by atoms with Gasteiger partial charge >= 0.3 is 6.09 Å². The van der Waals surface area contributed by atoms with Crippen LogP contribution in [0.15, 0.2) is 73.3 Å². The van der Waals surface area contributed by atoms with Crippen molar-refractivity contribution in [2.45, 2.75) is 58.7 Å². The van der Waals surface area contributed by atoms with Gasteiger partial charge in [-0.25, -0.2) is 9.78 Å². The number of methoxy groups -OCH3 is 1. The van der Waals surface area contributed by atoms with E-state index in [1.54, 1.807) is 25.7 Å². The Morgan fingerprint density at radius 2 is 1.35 bits per heavy atom. The maximum Gasteiger partial charge on any atom is 0.407 e. The third-order valence-corrected chi connectivity index (χ3v) is 9.85. The zero-order valence-electron chi connectivity index (χ0n) is 38.7. The van der Waals surface area contributed by atoms with E-state index in [4.69, 9.17) is 42.6 Å². The van der Waals surface area contributed by atoms with Crippen LogP contribution >= 0.6 is 0 Å². The van der Waals surface area contributed by atoms with Gasteiger partial charge in [0.25, 0.3) is 5.91 Å². The van der Waals surface area contributed by atoms with E-state index in [1.165, 1.54) is 0 Å². The van der Waals surface area contributed by atoms with Crippen LogP contribution in [0, 0.1) is 6.92 Å². The molecule has 17 nitrogen and oxygen atoms in total. The Morgan fingerprint density at radius 3 is 1.94 bits per heavy atom. The number of ether oxygens (including phenoxy) is 9. The third kappa shape index (κ3) is 20.0. The molecule has 1 atom stereocenters. The second-order valence-corrected chi connectivity index (χ2v) is 16.5. The average molecular weight is 905 g/mol. The van der Waals surface area contributed by atoms with E-state index in [0.717, 1.165) is 47.5 Å². The average Bonchev–Trinajstić information content (AvgIpc) is 3.72. The highest BCUT2D eigenvalue weighted by Crippen LogP contribution is 2.25. The number of nitrogens with one attached hydrogen (secondary N) is 2. The lowest BCUT2D eigenvalue weighted by Gasteiger charge is -2.33. The molecule has 0 saturated carbocycles. The Morgan fingerprint density at radius 1 is 0.738 bits per heavy atom. The first kappa shape index (κ1) is 51.0. The number of amides is 2. The van der Waals surface area contributed by atoms with Crippen LogP contribution < -0.4 is 15.4 Å². The molecule has 0 bridgehead atoms. The van der Waals surface area contributed by atoms with E-state index >= 15 is 0 Å². The first-order valence-corrected chi connectivity index (χ1v) is 22.4. The quantitative estimate of drug-likeness (QED) is 0.0598. The Labute approximate surface area is 383 Å². The maximum absolute atomic E-state index is 13.7. The summed E-state index contributed by atoms with van der Waals surface area (Å²) in [6.07, 6.45) is 6.76. The standard InChI is InChI=1S/C48H68N6O11/c1-37-33-54(36-50-37)43-30-38(34-53-14-6-7-41(35-53)52-47(56)65-48(2,3)4)29-42(32-43)51-46(55)45-31-40(12-13-49-45)39-8-10-44(11-9-39)64-28-27-63-26-25-62-24-23-61-22-21-60-20-19-59-18-17-58-16-15-57-5/h8-13,29-33,36,41H,6-7,14-28,34-35H2,1-5H3,(H,51,55)(H,52,56)/t41-/m0/s1. The third-order valence-electron chi connectivity index (χ3n) is 9.85. The minimum atomic E-state index is -0.563. The van der Waals surface area contributed by atoms with Crippen LogP contribution in [0.4, 0.5) is 10.5 Å². The zero-order valence-corrected chi connectivity index (χ0v) is 38.7. The molecular formula is C48H68N6O11. The number of carbonyl (C=O) groups is 2. The maximum atomic E-state index is 13.7. The van der Waals surface area contributed by atoms with Crippen LogP contribution in [0.2, 0.25) is 0 Å². The normalized spacial score (nSPS) is 14.3. The fourth-order valence-corrected chi connectivity index (χ4v) is 6.83. The highest BCUT2D eigenvalue weighted by atomic mass is 16.6. The van der Waals surface area contributed by atoms with Crippen molar-refractivity contribution in [1.82, 2.24) is 24.8 Å². The van der Waals surface area contributed by atoms with Crippen LogP contribution in [0.3, 0.4) is 0 Å². The van der Waals surface area contributed by atoms with E-state index in [0.29, 0.717) is 117 Å². The molecule has 1 aliphatic rings. The van der Waals surface area contributed by atoms with Gasteiger partial charge in [0.05, 0.1) is 97.9 Å². The highest BCUT2D eigenvalue weighted by molar-refractivity contribution is 6.03. The number of alkyl carbamates (subject to hydrolysis) is 1. The van der Waals surface area contributed by atoms with Gasteiger partial charge in [-0.15, -0.1) is 0 Å². The van der Waals surface area contributed by atoms with Crippen molar-refractivity contribution < 1.29 is 52.2 Å². The smallest absolute Gasteiger partial charge is 0.407 e. The molecule has 2 aromatic carbocycles. The van der Waals surface area contributed by atoms with Gasteiger partial charge in [0, 0.05) is 50.0 Å². The summed E-state index contributed by atoms with van der Waals surface area (Å²) in [4.78, 5) is 37.3. The van der Waals surface area contributed by atoms with Gasteiger partial charge < -0.3 is 57.8 Å². The van der Waals surface area contributed by atoms with Crippen molar-refractivity contribution in [2.75, 3.05) is 118 Å². The van der Waals surface area contributed by atoms with Crippen LogP contribution in [-0.2, 0) is 44.4 Å². The number of pyridine rings is 1. The zero-order chi connectivity index (χ0) is 46.1. The number of carbonyl (C=O) groups excluding carboxylic acids is 2. The summed E-state index contributed by atoms with van der Waals surface area (Å²) in [5.74, 6) is 0.381. The predicted molar refractivity (Wildman–Crippen MR) is 246 cm³/mol. The second-order valence-electron chi connectivity index (χ2n) is 16.5. The molecule has 3 heterocycles. The molecule has 65 heavy (non-hydrogen) atoms. The Balaban J connectivity index is 1.00. The summed E-state index contributed by atoms with van der Waals surface area (Å²) in [6.45, 7) is 16.6. The minimum absolute atomic E-state index is 0.0215. The molecule has 5 rings (SSSR count). The Hall–Kier alpha value is -4.98. The Bertz CT molecular complexity index is 1990. The lowest BCUT2D eigenvalue weighted by molar-refractivity contribution is -0.0199. The molecule has 0 unspecified atom stereocenters. The first-order chi connectivity index (χ1) is 31.5. The van der Waals surface area contributed by atoms with E-state index in [1.807, 2.05) is 80.9 Å². The number of aryl methyl sites for hydroxylation is 1. The fraction of sp³-hybridized carbons (Fsp3) is 0.542. The van der Waals surface area contributed by atoms with Gasteiger partial charge in [-0.3, -0.25) is 14.7 Å². The van der Waals surface area contributed by atoms with E-state index < -0.39 is 11.7 Å². The summed E-state index contributed by atoms with van der Waals surface area (Å²) in [5, 5.41) is 6.12. The largest absolute Gasteiger partial charge is 0.491 e. The summed E-state index contributed by atoms with van der Waals surface area (Å²) in [5.41, 5.74) is 4.89. The molecule has 2 amide bonds. The summed E-state index contributed by atoms with van der Waals surface area (Å²) in [7, 11) is 1.64. The first-order valence-electron chi connectivity index (χ1n) is 22.4.